The van der Waals surface area contributed by atoms with Gasteiger partial charge >= 0.3 is 0 Å². The monoisotopic (exact) mass is 298 g/mol. The zero-order valence-electron chi connectivity index (χ0n) is 11.6. The molecular weight excluding hydrogens is 284 g/mol. The van der Waals surface area contributed by atoms with Gasteiger partial charge in [0.1, 0.15) is 5.60 Å². The molecule has 0 spiro atoms. The Bertz CT molecular complexity index is 733. The van der Waals surface area contributed by atoms with Crippen LogP contribution in [0.5, 0.6) is 0 Å². The van der Waals surface area contributed by atoms with E-state index >= 15 is 0 Å². The lowest BCUT2D eigenvalue weighted by Crippen LogP contribution is -2.26. The number of hydrogen-bond donors (Lipinski definition) is 1. The minimum atomic E-state index is -1.16. The van der Waals surface area contributed by atoms with Crippen molar-refractivity contribution in [3.05, 3.63) is 83.1 Å². The lowest BCUT2D eigenvalue weighted by atomic mass is 9.92. The maximum atomic E-state index is 11.0. The van der Waals surface area contributed by atoms with Crippen molar-refractivity contribution in [3.63, 3.8) is 0 Å². The summed E-state index contributed by atoms with van der Waals surface area (Å²) in [5.41, 5.74) is 1.23. The van der Waals surface area contributed by atoms with Gasteiger partial charge in [0.15, 0.2) is 0 Å². The number of aromatic nitrogens is 2. The van der Waals surface area contributed by atoms with E-state index in [9.17, 15) is 5.11 Å². The summed E-state index contributed by atoms with van der Waals surface area (Å²) in [6, 6.07) is 18.8. The quantitative estimate of drug-likeness (QED) is 0.799. The van der Waals surface area contributed by atoms with Crippen molar-refractivity contribution in [1.29, 1.82) is 0 Å². The average molecular weight is 299 g/mol. The molecule has 1 N–H and O–H groups in total. The van der Waals surface area contributed by atoms with Gasteiger partial charge in [0, 0.05) is 11.2 Å². The number of aliphatic hydroxyl groups is 1. The number of hydrogen-bond acceptors (Lipinski definition) is 2. The van der Waals surface area contributed by atoms with Crippen LogP contribution in [0.25, 0.3) is 5.69 Å². The van der Waals surface area contributed by atoms with Crippen LogP contribution < -0.4 is 0 Å². The molecule has 0 saturated carbocycles. The van der Waals surface area contributed by atoms with E-state index in [1.54, 1.807) is 29.9 Å². The minimum absolute atomic E-state index is 0.645. The summed E-state index contributed by atoms with van der Waals surface area (Å²) in [7, 11) is 0. The van der Waals surface area contributed by atoms with Gasteiger partial charge < -0.3 is 5.11 Å². The molecule has 3 aromatic rings. The van der Waals surface area contributed by atoms with Gasteiger partial charge in [-0.2, -0.15) is 5.10 Å². The van der Waals surface area contributed by atoms with Gasteiger partial charge in [-0.1, -0.05) is 41.9 Å². The molecule has 0 amide bonds. The highest BCUT2D eigenvalue weighted by Crippen LogP contribution is 2.31. The zero-order chi connectivity index (χ0) is 14.9. The van der Waals surface area contributed by atoms with Gasteiger partial charge in [0.05, 0.1) is 11.4 Å². The third-order valence-corrected chi connectivity index (χ3v) is 3.80. The van der Waals surface area contributed by atoms with E-state index in [1.807, 2.05) is 48.5 Å². The van der Waals surface area contributed by atoms with Crippen LogP contribution in [-0.4, -0.2) is 14.9 Å². The van der Waals surface area contributed by atoms with E-state index in [0.29, 0.717) is 10.7 Å². The molecule has 0 aliphatic carbocycles. The third kappa shape index (κ3) is 2.58. The lowest BCUT2D eigenvalue weighted by molar-refractivity contribution is 0.0946. The van der Waals surface area contributed by atoms with Crippen LogP contribution in [0.2, 0.25) is 5.02 Å². The third-order valence-electron chi connectivity index (χ3n) is 3.55. The van der Waals surface area contributed by atoms with E-state index in [2.05, 4.69) is 5.10 Å². The van der Waals surface area contributed by atoms with Gasteiger partial charge in [-0.15, -0.1) is 0 Å². The molecule has 0 fully saturated rings. The Morgan fingerprint density at radius 2 is 1.67 bits per heavy atom. The fraction of sp³-hybridized carbons (Fsp3) is 0.118. The Balaban J connectivity index is 2.08. The van der Waals surface area contributed by atoms with E-state index in [1.165, 1.54) is 0 Å². The number of rotatable bonds is 3. The first-order valence-corrected chi connectivity index (χ1v) is 7.05. The minimum Gasteiger partial charge on any atom is -0.379 e. The second-order valence-electron chi connectivity index (χ2n) is 5.04. The van der Waals surface area contributed by atoms with Crippen molar-refractivity contribution in [2.75, 3.05) is 0 Å². The molecule has 4 heteroatoms. The standard InChI is InChI=1S/C17H15ClN2O/c1-17(21,13-7-9-14(18)10-8-13)16-11-12-19-20(16)15-5-3-2-4-6-15/h2-12,21H,1H3. The second kappa shape index (κ2) is 5.35. The van der Waals surface area contributed by atoms with Gasteiger partial charge in [0.25, 0.3) is 0 Å². The van der Waals surface area contributed by atoms with Crippen molar-refractivity contribution >= 4 is 11.6 Å². The topological polar surface area (TPSA) is 38.1 Å². The van der Waals surface area contributed by atoms with Gasteiger partial charge in [-0.3, -0.25) is 0 Å². The number of para-hydroxylation sites is 1. The molecule has 0 bridgehead atoms. The van der Waals surface area contributed by atoms with Crippen LogP contribution in [-0.2, 0) is 5.60 Å². The average Bonchev–Trinajstić information content (AvgIpc) is 2.99. The molecular formula is C17H15ClN2O. The number of nitrogens with zero attached hydrogens (tertiary/aromatic N) is 2. The summed E-state index contributed by atoms with van der Waals surface area (Å²) < 4.78 is 1.74. The predicted octanol–water partition coefficient (Wildman–Crippen LogP) is 3.78. The summed E-state index contributed by atoms with van der Waals surface area (Å²) in [5.74, 6) is 0. The zero-order valence-corrected chi connectivity index (χ0v) is 12.3. The largest absolute Gasteiger partial charge is 0.379 e. The van der Waals surface area contributed by atoms with Gasteiger partial charge in [-0.05, 0) is 42.8 Å². The van der Waals surface area contributed by atoms with E-state index in [-0.39, 0.29) is 0 Å². The SMILES string of the molecule is CC(O)(c1ccc(Cl)cc1)c1ccnn1-c1ccccc1. The Kier molecular flexibility index (Phi) is 3.53. The smallest absolute Gasteiger partial charge is 0.129 e. The van der Waals surface area contributed by atoms with Crippen LogP contribution in [0.1, 0.15) is 18.2 Å². The van der Waals surface area contributed by atoms with Crippen LogP contribution in [0.4, 0.5) is 0 Å². The first-order chi connectivity index (χ1) is 10.1. The van der Waals surface area contributed by atoms with Crippen LogP contribution in [0.15, 0.2) is 66.9 Å². The Labute approximate surface area is 128 Å². The molecule has 0 aliphatic rings. The maximum absolute atomic E-state index is 11.0. The van der Waals surface area contributed by atoms with Crippen molar-refractivity contribution < 1.29 is 5.11 Å². The molecule has 106 valence electrons. The Hall–Kier alpha value is -2.10. The highest BCUT2D eigenvalue weighted by molar-refractivity contribution is 6.30. The molecule has 0 saturated heterocycles. The Morgan fingerprint density at radius 1 is 1.00 bits per heavy atom. The fourth-order valence-corrected chi connectivity index (χ4v) is 2.50. The highest BCUT2D eigenvalue weighted by atomic mass is 35.5. The summed E-state index contributed by atoms with van der Waals surface area (Å²) in [4.78, 5) is 0. The molecule has 1 heterocycles. The molecule has 1 unspecified atom stereocenters. The first-order valence-electron chi connectivity index (χ1n) is 6.67. The van der Waals surface area contributed by atoms with Gasteiger partial charge in [0.2, 0.25) is 0 Å². The fourth-order valence-electron chi connectivity index (χ4n) is 2.37. The summed E-state index contributed by atoms with van der Waals surface area (Å²) in [6.45, 7) is 1.76. The van der Waals surface area contributed by atoms with Gasteiger partial charge in [-0.25, -0.2) is 4.68 Å². The molecule has 3 nitrogen and oxygen atoms in total. The maximum Gasteiger partial charge on any atom is 0.129 e. The normalized spacial score (nSPS) is 13.9. The van der Waals surface area contributed by atoms with E-state index in [0.717, 1.165) is 11.3 Å². The molecule has 21 heavy (non-hydrogen) atoms. The molecule has 2 aromatic carbocycles. The van der Waals surface area contributed by atoms with Crippen LogP contribution in [0.3, 0.4) is 0 Å². The Morgan fingerprint density at radius 3 is 2.33 bits per heavy atom. The van der Waals surface area contributed by atoms with Crippen molar-refractivity contribution in [1.82, 2.24) is 9.78 Å². The second-order valence-corrected chi connectivity index (χ2v) is 5.48. The van der Waals surface area contributed by atoms with Crippen LogP contribution >= 0.6 is 11.6 Å². The molecule has 1 atom stereocenters. The van der Waals surface area contributed by atoms with Crippen molar-refractivity contribution in [2.45, 2.75) is 12.5 Å². The lowest BCUT2D eigenvalue weighted by Gasteiger charge is -2.25. The molecule has 0 radical (unpaired) electrons. The van der Waals surface area contributed by atoms with E-state index in [4.69, 9.17) is 11.6 Å². The van der Waals surface area contributed by atoms with Crippen LogP contribution in [0, 0.1) is 0 Å². The number of halogens is 1. The molecule has 1 aromatic heterocycles. The van der Waals surface area contributed by atoms with Crippen molar-refractivity contribution in [3.8, 4) is 5.69 Å². The molecule has 3 rings (SSSR count). The summed E-state index contributed by atoms with van der Waals surface area (Å²) in [6.07, 6.45) is 1.69. The first kappa shape index (κ1) is 13.9. The summed E-state index contributed by atoms with van der Waals surface area (Å²) in [5, 5.41) is 15.9. The highest BCUT2D eigenvalue weighted by Gasteiger charge is 2.29. The molecule has 0 aliphatic heterocycles. The number of benzene rings is 2. The predicted molar refractivity (Wildman–Crippen MR) is 83.7 cm³/mol. The summed E-state index contributed by atoms with van der Waals surface area (Å²) >= 11 is 5.91. The van der Waals surface area contributed by atoms with Crippen molar-refractivity contribution in [2.24, 2.45) is 0 Å². The van der Waals surface area contributed by atoms with E-state index < -0.39 is 5.60 Å².